The highest BCUT2D eigenvalue weighted by Crippen LogP contribution is 2.32. The van der Waals surface area contributed by atoms with Crippen molar-refractivity contribution in [1.29, 1.82) is 0 Å². The molecule has 1 fully saturated rings. The van der Waals surface area contributed by atoms with Crippen LogP contribution >= 0.6 is 0 Å². The van der Waals surface area contributed by atoms with Crippen molar-refractivity contribution in [2.75, 3.05) is 31.1 Å². The van der Waals surface area contributed by atoms with Gasteiger partial charge in [0.05, 0.1) is 5.56 Å². The maximum atomic E-state index is 13.4. The number of halogens is 4. The lowest BCUT2D eigenvalue weighted by Gasteiger charge is -2.36. The molecule has 0 N–H and O–H groups in total. The summed E-state index contributed by atoms with van der Waals surface area (Å²) in [7, 11) is 0. The molecule has 9 heteroatoms. The Balaban J connectivity index is 1.45. The highest BCUT2D eigenvalue weighted by Gasteiger charge is 2.31. The van der Waals surface area contributed by atoms with Gasteiger partial charge in [-0.2, -0.15) is 13.2 Å². The number of rotatable bonds is 5. The number of carbonyl (C=O) groups excluding carboxylic acids is 1. The first kappa shape index (κ1) is 26.3. The number of alkyl halides is 3. The molecule has 3 aromatic carbocycles. The first-order chi connectivity index (χ1) is 18.7. The van der Waals surface area contributed by atoms with E-state index in [1.54, 1.807) is 11.0 Å². The second kappa shape index (κ2) is 10.8. The van der Waals surface area contributed by atoms with Gasteiger partial charge < -0.3 is 9.80 Å². The predicted octanol–water partition coefficient (Wildman–Crippen LogP) is 6.16. The minimum absolute atomic E-state index is 0.178. The Morgan fingerprint density at radius 3 is 2.23 bits per heavy atom. The molecule has 0 unspecified atom stereocenters. The number of aromatic nitrogens is 2. The number of hydrogen-bond donors (Lipinski definition) is 0. The average Bonchev–Trinajstić information content (AvgIpc) is 2.94. The van der Waals surface area contributed by atoms with Gasteiger partial charge in [-0.05, 0) is 42.8 Å². The van der Waals surface area contributed by atoms with Gasteiger partial charge >= 0.3 is 6.18 Å². The summed E-state index contributed by atoms with van der Waals surface area (Å²) in [5.74, 6) is 0.592. The highest BCUT2D eigenvalue weighted by molar-refractivity contribution is 5.94. The van der Waals surface area contributed by atoms with E-state index in [1.807, 2.05) is 37.3 Å². The van der Waals surface area contributed by atoms with Gasteiger partial charge in [0.1, 0.15) is 11.6 Å². The molecule has 0 bridgehead atoms. The Bertz CT molecular complexity index is 1470. The molecule has 1 aliphatic heterocycles. The Labute approximate surface area is 223 Å². The number of piperazine rings is 1. The quantitative estimate of drug-likeness (QED) is 0.288. The number of amides is 1. The first-order valence-corrected chi connectivity index (χ1v) is 12.6. The fourth-order valence-electron chi connectivity index (χ4n) is 4.72. The van der Waals surface area contributed by atoms with Gasteiger partial charge in [-0.15, -0.1) is 0 Å². The van der Waals surface area contributed by atoms with Crippen LogP contribution in [0.2, 0.25) is 0 Å². The van der Waals surface area contributed by atoms with Gasteiger partial charge in [0.25, 0.3) is 5.91 Å². The highest BCUT2D eigenvalue weighted by atomic mass is 19.4. The third-order valence-corrected chi connectivity index (χ3v) is 6.82. The summed E-state index contributed by atoms with van der Waals surface area (Å²) in [5.41, 5.74) is 2.48. The molecular weight excluding hydrogens is 508 g/mol. The largest absolute Gasteiger partial charge is 0.416 e. The lowest BCUT2D eigenvalue weighted by molar-refractivity contribution is -0.137. The Kier molecular flexibility index (Phi) is 7.32. The molecular formula is C30H26F4N4O. The van der Waals surface area contributed by atoms with Crippen LogP contribution in [0.25, 0.3) is 11.4 Å². The maximum Gasteiger partial charge on any atom is 0.416 e. The summed E-state index contributed by atoms with van der Waals surface area (Å²) in [4.78, 5) is 26.3. The van der Waals surface area contributed by atoms with Crippen molar-refractivity contribution in [3.8, 4) is 11.4 Å². The molecule has 1 amide bonds. The third-order valence-electron chi connectivity index (χ3n) is 6.82. The summed E-state index contributed by atoms with van der Waals surface area (Å²) >= 11 is 0. The van der Waals surface area contributed by atoms with Crippen molar-refractivity contribution in [1.82, 2.24) is 14.9 Å². The summed E-state index contributed by atoms with van der Waals surface area (Å²) < 4.78 is 53.4. The van der Waals surface area contributed by atoms with Gasteiger partial charge in [-0.3, -0.25) is 4.79 Å². The van der Waals surface area contributed by atoms with E-state index in [2.05, 4.69) is 4.90 Å². The summed E-state index contributed by atoms with van der Waals surface area (Å²) in [6.07, 6.45) is -4.20. The first-order valence-electron chi connectivity index (χ1n) is 12.6. The molecule has 0 spiro atoms. The zero-order chi connectivity index (χ0) is 27.6. The molecule has 0 radical (unpaired) electrons. The van der Waals surface area contributed by atoms with E-state index in [-0.39, 0.29) is 12.3 Å². The summed E-state index contributed by atoms with van der Waals surface area (Å²) in [6.45, 7) is 3.64. The molecule has 0 saturated carbocycles. The molecule has 0 atom stereocenters. The van der Waals surface area contributed by atoms with Gasteiger partial charge in [-0.25, -0.2) is 14.4 Å². The molecule has 39 heavy (non-hydrogen) atoms. The smallest absolute Gasteiger partial charge is 0.353 e. The number of nitrogens with zero attached hydrogens (tertiary/aromatic N) is 4. The van der Waals surface area contributed by atoms with Crippen LogP contribution in [-0.4, -0.2) is 47.0 Å². The van der Waals surface area contributed by atoms with Crippen molar-refractivity contribution in [3.05, 3.63) is 113 Å². The molecule has 5 nitrogen and oxygen atoms in total. The topological polar surface area (TPSA) is 49.3 Å². The van der Waals surface area contributed by atoms with Crippen molar-refractivity contribution < 1.29 is 22.4 Å². The van der Waals surface area contributed by atoms with Gasteiger partial charge in [0, 0.05) is 55.0 Å². The monoisotopic (exact) mass is 534 g/mol. The number of carbonyl (C=O) groups is 1. The Hall–Kier alpha value is -4.27. The van der Waals surface area contributed by atoms with Crippen LogP contribution in [0.1, 0.15) is 32.7 Å². The Morgan fingerprint density at radius 2 is 1.56 bits per heavy atom. The van der Waals surface area contributed by atoms with Crippen molar-refractivity contribution in [2.45, 2.75) is 19.5 Å². The third kappa shape index (κ3) is 5.92. The second-order valence-corrected chi connectivity index (χ2v) is 9.46. The standard InChI is InChI=1S/C30H26F4N4O/c1-20-26(19-21-6-5-9-24(18-21)30(32,33)34)28(36-27(35-20)22-7-3-2-4-8-22)37-14-16-38(17-15-37)29(39)23-10-12-25(31)13-11-23/h2-13,18H,14-17,19H2,1H3. The Morgan fingerprint density at radius 1 is 0.872 bits per heavy atom. The van der Waals surface area contributed by atoms with Crippen molar-refractivity contribution in [3.63, 3.8) is 0 Å². The fraction of sp³-hybridized carbons (Fsp3) is 0.233. The molecule has 0 aliphatic carbocycles. The van der Waals surface area contributed by atoms with Gasteiger partial charge in [-0.1, -0.05) is 48.5 Å². The molecule has 1 aliphatic rings. The minimum atomic E-state index is -4.44. The van der Waals surface area contributed by atoms with E-state index in [4.69, 9.17) is 9.97 Å². The molecule has 1 saturated heterocycles. The molecule has 4 aromatic rings. The van der Waals surface area contributed by atoms with Crippen LogP contribution < -0.4 is 4.90 Å². The number of aryl methyl sites for hydroxylation is 1. The van der Waals surface area contributed by atoms with Crippen molar-refractivity contribution >= 4 is 11.7 Å². The van der Waals surface area contributed by atoms with Crippen LogP contribution in [-0.2, 0) is 12.6 Å². The number of benzene rings is 3. The van der Waals surface area contributed by atoms with E-state index in [0.29, 0.717) is 54.6 Å². The van der Waals surface area contributed by atoms with Crippen LogP contribution in [0.15, 0.2) is 78.9 Å². The molecule has 200 valence electrons. The zero-order valence-electron chi connectivity index (χ0n) is 21.3. The van der Waals surface area contributed by atoms with E-state index in [9.17, 15) is 22.4 Å². The number of hydrogen-bond acceptors (Lipinski definition) is 4. The van der Waals surface area contributed by atoms with Crippen LogP contribution in [0, 0.1) is 12.7 Å². The van der Waals surface area contributed by atoms with Crippen LogP contribution in [0.3, 0.4) is 0 Å². The normalized spacial score (nSPS) is 14.0. The fourth-order valence-corrected chi connectivity index (χ4v) is 4.72. The van der Waals surface area contributed by atoms with Crippen molar-refractivity contribution in [2.24, 2.45) is 0 Å². The second-order valence-electron chi connectivity index (χ2n) is 9.46. The SMILES string of the molecule is Cc1nc(-c2ccccc2)nc(N2CCN(C(=O)c3ccc(F)cc3)CC2)c1Cc1cccc(C(F)(F)F)c1. The van der Waals surface area contributed by atoms with Gasteiger partial charge in [0.2, 0.25) is 0 Å². The lowest BCUT2D eigenvalue weighted by atomic mass is 10.0. The van der Waals surface area contributed by atoms with E-state index in [1.165, 1.54) is 30.3 Å². The molecule has 2 heterocycles. The predicted molar refractivity (Wildman–Crippen MR) is 141 cm³/mol. The minimum Gasteiger partial charge on any atom is -0.353 e. The van der Waals surface area contributed by atoms with Crippen LogP contribution in [0.5, 0.6) is 0 Å². The van der Waals surface area contributed by atoms with Crippen LogP contribution in [0.4, 0.5) is 23.4 Å². The van der Waals surface area contributed by atoms with E-state index < -0.39 is 17.6 Å². The zero-order valence-corrected chi connectivity index (χ0v) is 21.3. The van der Waals surface area contributed by atoms with E-state index >= 15 is 0 Å². The summed E-state index contributed by atoms with van der Waals surface area (Å²) in [6, 6.07) is 20.3. The molecule has 1 aromatic heterocycles. The lowest BCUT2D eigenvalue weighted by Crippen LogP contribution is -2.49. The van der Waals surface area contributed by atoms with E-state index in [0.717, 1.165) is 23.3 Å². The average molecular weight is 535 g/mol. The number of anilines is 1. The summed E-state index contributed by atoms with van der Waals surface area (Å²) in [5, 5.41) is 0. The van der Waals surface area contributed by atoms with Gasteiger partial charge in [0.15, 0.2) is 5.82 Å². The molecule has 5 rings (SSSR count). The maximum absolute atomic E-state index is 13.4.